The Labute approximate surface area is 299 Å². The lowest BCUT2D eigenvalue weighted by molar-refractivity contribution is -0.887. The topological polar surface area (TPSA) is 56.8 Å². The fourth-order valence-electron chi connectivity index (χ4n) is 5.48. The number of benzene rings is 4. The highest BCUT2D eigenvalue weighted by molar-refractivity contribution is 7.98. The van der Waals surface area contributed by atoms with Gasteiger partial charge in [0, 0.05) is 67.4 Å². The van der Waals surface area contributed by atoms with E-state index < -0.39 is 0 Å². The van der Waals surface area contributed by atoms with Crippen LogP contribution in [0.1, 0.15) is 20.3 Å². The Morgan fingerprint density at radius 1 is 0.783 bits per heavy atom. The van der Waals surface area contributed by atoms with E-state index in [0.717, 1.165) is 81.9 Å². The number of nitrogens with zero attached hydrogens (tertiary/aromatic N) is 6. The van der Waals surface area contributed by atoms with Crippen molar-refractivity contribution < 1.29 is 43.0 Å². The van der Waals surface area contributed by atoms with Crippen LogP contribution in [0.2, 0.25) is 0 Å². The Morgan fingerprint density at radius 3 is 2.09 bits per heavy atom. The number of aromatic nitrogens is 2. The summed E-state index contributed by atoms with van der Waals surface area (Å²) < 4.78 is 3.35. The molecule has 0 bridgehead atoms. The number of rotatable bonds is 14. The van der Waals surface area contributed by atoms with Crippen LogP contribution in [0.3, 0.4) is 0 Å². The van der Waals surface area contributed by atoms with E-state index in [-0.39, 0.29) is 34.0 Å². The molecule has 5 rings (SSSR count). The van der Waals surface area contributed by atoms with Gasteiger partial charge in [-0.1, -0.05) is 18.2 Å². The van der Waals surface area contributed by atoms with Crippen LogP contribution >= 0.6 is 11.8 Å². The van der Waals surface area contributed by atoms with E-state index in [4.69, 9.17) is 4.98 Å². The zero-order valence-electron chi connectivity index (χ0n) is 27.5. The van der Waals surface area contributed by atoms with Gasteiger partial charge in [0.25, 0.3) is 0 Å². The number of fused-ring (bicyclic) bond motifs is 2. The van der Waals surface area contributed by atoms with Gasteiger partial charge in [-0.3, -0.25) is 0 Å². The van der Waals surface area contributed by atoms with E-state index >= 15 is 0 Å². The summed E-state index contributed by atoms with van der Waals surface area (Å²) in [5, 5.41) is 12.7. The van der Waals surface area contributed by atoms with Gasteiger partial charge < -0.3 is 48.7 Å². The third-order valence-electron chi connectivity index (χ3n) is 8.10. The summed E-state index contributed by atoms with van der Waals surface area (Å²) in [6.07, 6.45) is 3.31. The summed E-state index contributed by atoms with van der Waals surface area (Å²) in [4.78, 5) is 7.38. The molecule has 4 aromatic carbocycles. The van der Waals surface area contributed by atoms with Crippen LogP contribution in [0.5, 0.6) is 0 Å². The zero-order valence-corrected chi connectivity index (χ0v) is 31.4. The van der Waals surface area contributed by atoms with E-state index in [0.29, 0.717) is 0 Å². The maximum atomic E-state index is 5.02. The molecule has 5 aromatic rings. The summed E-state index contributed by atoms with van der Waals surface area (Å²) in [6.45, 7) is 9.61. The molecule has 0 unspecified atom stereocenters. The molecule has 1 N–H and O–H groups in total. The number of hydrogen-bond acceptors (Lipinski definition) is 6. The molecule has 0 saturated carbocycles. The van der Waals surface area contributed by atoms with Crippen molar-refractivity contribution in [2.45, 2.75) is 20.3 Å². The minimum Gasteiger partial charge on any atom is -1.00 e. The zero-order chi connectivity index (χ0) is 30.9. The lowest BCUT2D eigenvalue weighted by atomic mass is 10.1. The van der Waals surface area contributed by atoms with Crippen molar-refractivity contribution in [2.24, 2.45) is 10.2 Å². The lowest BCUT2D eigenvalue weighted by Crippen LogP contribution is -3.00. The first kappa shape index (κ1) is 37.4. The molecule has 0 fully saturated rings. The number of azo groups is 1. The van der Waals surface area contributed by atoms with Crippen molar-refractivity contribution in [1.82, 2.24) is 4.98 Å². The molecule has 0 atom stereocenters. The fraction of sp³-hybridized carbons (Fsp3) is 0.333. The molecule has 244 valence electrons. The highest BCUT2D eigenvalue weighted by Crippen LogP contribution is 2.27. The molecule has 0 aliphatic rings. The summed E-state index contributed by atoms with van der Waals surface area (Å²) in [5.41, 5.74) is 8.91. The molecule has 46 heavy (non-hydrogen) atoms. The third kappa shape index (κ3) is 9.50. The van der Waals surface area contributed by atoms with E-state index in [9.17, 15) is 0 Å². The number of thioether (sulfide) groups is 1. The molecule has 0 aliphatic carbocycles. The number of anilines is 2. The quantitative estimate of drug-likeness (QED) is 0.0620. The van der Waals surface area contributed by atoms with E-state index in [1.807, 2.05) is 42.1 Å². The molecule has 0 aliphatic heterocycles. The largest absolute Gasteiger partial charge is 1.00 e. The minimum absolute atomic E-state index is 0. The van der Waals surface area contributed by atoms with Crippen molar-refractivity contribution in [1.29, 1.82) is 0 Å². The predicted octanol–water partition coefficient (Wildman–Crippen LogP) is 2.18. The first-order valence-corrected chi connectivity index (χ1v) is 17.0. The second-order valence-electron chi connectivity index (χ2n) is 11.7. The average Bonchev–Trinajstić information content (AvgIpc) is 3.05. The van der Waals surface area contributed by atoms with Gasteiger partial charge in [0.1, 0.15) is 11.0 Å². The summed E-state index contributed by atoms with van der Waals surface area (Å²) in [6, 6.07) is 31.3. The van der Waals surface area contributed by atoms with Crippen molar-refractivity contribution in [2.75, 3.05) is 69.0 Å². The lowest BCUT2D eigenvalue weighted by Gasteiger charge is -2.29. The molecule has 0 radical (unpaired) electrons. The molecule has 10 heteroatoms. The second-order valence-corrected chi connectivity index (χ2v) is 12.7. The number of para-hydroxylation sites is 1. The standard InChI is InChI=1S/C36H44N7S.2BrH/c1-6-41(7-2)32-19-21-34-36(27-32)42(31-12-9-8-10-13-31)35-26-30(18-20-33(35)38-34)40-39-29-16-14-28(15-17-29)37-22-11-23-43(3,4)24-25-44-5;;/h8-10,12-21,26-27H,6-7,11,22-25H2,1-5H3;2*1H/q+1;;/p-1. The summed E-state index contributed by atoms with van der Waals surface area (Å²) >= 11 is 1.92. The molecule has 1 heterocycles. The average molecular weight is 768 g/mol. The van der Waals surface area contributed by atoms with Gasteiger partial charge in [0.15, 0.2) is 0 Å². The maximum absolute atomic E-state index is 5.02. The van der Waals surface area contributed by atoms with Crippen molar-refractivity contribution in [3.05, 3.63) is 91.0 Å². The normalized spacial score (nSPS) is 11.4. The molecule has 1 aromatic heterocycles. The summed E-state index contributed by atoms with van der Waals surface area (Å²) in [5.74, 6) is 1.20. The Morgan fingerprint density at radius 2 is 1.41 bits per heavy atom. The van der Waals surface area contributed by atoms with Crippen LogP contribution in [0, 0.1) is 0 Å². The minimum atomic E-state index is 0. The van der Waals surface area contributed by atoms with Gasteiger partial charge in [0.05, 0.1) is 38.6 Å². The third-order valence-corrected chi connectivity index (χ3v) is 8.69. The van der Waals surface area contributed by atoms with Crippen LogP contribution in [-0.4, -0.2) is 68.3 Å². The van der Waals surface area contributed by atoms with Crippen molar-refractivity contribution in [3.8, 4) is 5.69 Å². The number of hydrogen-bond donors (Lipinski definition) is 1. The first-order chi connectivity index (χ1) is 21.4. The summed E-state index contributed by atoms with van der Waals surface area (Å²) in [7, 11) is 4.63. The van der Waals surface area contributed by atoms with Gasteiger partial charge in [-0.15, -0.1) is 4.57 Å². The molecule has 0 spiro atoms. The van der Waals surface area contributed by atoms with E-state index in [1.165, 1.54) is 18.0 Å². The van der Waals surface area contributed by atoms with Crippen molar-refractivity contribution in [3.63, 3.8) is 0 Å². The van der Waals surface area contributed by atoms with Crippen LogP contribution in [0.25, 0.3) is 27.8 Å². The Balaban J connectivity index is 0.00000288. The molecular weight excluding hydrogens is 722 g/mol. The van der Waals surface area contributed by atoms with E-state index in [2.05, 4.69) is 120 Å². The SMILES string of the molecule is CCN(CC)c1ccc2nc3ccc(N=Nc4ccc(NCCC[N+](C)(C)CCSC)cc4)cc3[n+](-c3ccccc3)c2c1.[Br-].[Br-]. The van der Waals surface area contributed by atoms with Gasteiger partial charge in [-0.2, -0.15) is 22.0 Å². The number of halogens is 2. The van der Waals surface area contributed by atoms with Crippen LogP contribution < -0.4 is 48.7 Å². The number of nitrogens with one attached hydrogen (secondary N) is 1. The highest BCUT2D eigenvalue weighted by Gasteiger charge is 2.21. The molecule has 0 amide bonds. The van der Waals surface area contributed by atoms with Crippen molar-refractivity contribution >= 4 is 56.6 Å². The van der Waals surface area contributed by atoms with Crippen LogP contribution in [0.15, 0.2) is 101 Å². The first-order valence-electron chi connectivity index (χ1n) is 15.6. The monoisotopic (exact) mass is 765 g/mol. The Kier molecular flexibility index (Phi) is 14.4. The van der Waals surface area contributed by atoms with Crippen LogP contribution in [-0.2, 0) is 0 Å². The highest BCUT2D eigenvalue weighted by atomic mass is 79.9. The molecule has 0 saturated heterocycles. The maximum Gasteiger partial charge on any atom is 0.239 e. The predicted molar refractivity (Wildman–Crippen MR) is 188 cm³/mol. The van der Waals surface area contributed by atoms with Gasteiger partial charge >= 0.3 is 0 Å². The Hall–Kier alpha value is -3.05. The fourth-order valence-corrected chi connectivity index (χ4v) is 6.16. The Bertz CT molecular complexity index is 1710. The van der Waals surface area contributed by atoms with Gasteiger partial charge in [0.2, 0.25) is 16.7 Å². The number of quaternary nitrogens is 1. The smallest absolute Gasteiger partial charge is 0.239 e. The molecule has 7 nitrogen and oxygen atoms in total. The van der Waals surface area contributed by atoms with E-state index in [1.54, 1.807) is 0 Å². The van der Waals surface area contributed by atoms with Crippen LogP contribution in [0.4, 0.5) is 22.7 Å². The molecular formula is C36H45Br2N7S. The second kappa shape index (κ2) is 17.8. The van der Waals surface area contributed by atoms with Gasteiger partial charge in [-0.05, 0) is 68.6 Å². The van der Waals surface area contributed by atoms with Gasteiger partial charge in [-0.25, -0.2) is 4.98 Å².